The van der Waals surface area contributed by atoms with E-state index >= 15 is 0 Å². The SMILES string of the molecule is CC(=O)C1(O)CCC2C3CCC4=CC(=NOCC(=O)NCC(CC(=O)O)c5ccccc5)CCC4(C)C3CCC21C. The van der Waals surface area contributed by atoms with Gasteiger partial charge in [0.05, 0.1) is 12.1 Å². The van der Waals surface area contributed by atoms with Gasteiger partial charge in [0.25, 0.3) is 5.91 Å². The first kappa shape index (κ1) is 29.5. The third-order valence-electron chi connectivity index (χ3n) is 11.3. The van der Waals surface area contributed by atoms with Crippen molar-refractivity contribution < 1.29 is 29.4 Å². The molecular formula is C33H44N2O6. The van der Waals surface area contributed by atoms with E-state index in [0.717, 1.165) is 56.2 Å². The summed E-state index contributed by atoms with van der Waals surface area (Å²) in [5, 5.41) is 27.7. The van der Waals surface area contributed by atoms with Gasteiger partial charge in [-0.1, -0.05) is 54.9 Å². The molecule has 3 N–H and O–H groups in total. The molecule has 0 radical (unpaired) electrons. The van der Waals surface area contributed by atoms with Crippen molar-refractivity contribution in [2.75, 3.05) is 13.2 Å². The molecule has 222 valence electrons. The number of ketones is 1. The fourth-order valence-electron chi connectivity index (χ4n) is 8.94. The molecule has 0 heterocycles. The predicted octanol–water partition coefficient (Wildman–Crippen LogP) is 5.02. The number of aliphatic carboxylic acids is 1. The molecule has 8 heteroatoms. The third kappa shape index (κ3) is 5.36. The first-order valence-corrected chi connectivity index (χ1v) is 15.1. The minimum atomic E-state index is -1.19. The Morgan fingerprint density at radius 3 is 2.49 bits per heavy atom. The standard InChI is InChI=1S/C33H44N2O6/c1-21(36)33(40)16-13-28-26-10-9-24-18-25(11-14-31(24,2)27(26)12-15-32(28,33)3)35-41-20-29(37)34-19-23(17-30(38)39)22-7-5-4-6-8-22/h4-8,18,23,26-28,40H,9-17,19-20H2,1-3H3,(H,34,37)(H,38,39). The van der Waals surface area contributed by atoms with Gasteiger partial charge in [-0.05, 0) is 93.1 Å². The molecule has 3 fully saturated rings. The summed E-state index contributed by atoms with van der Waals surface area (Å²) in [7, 11) is 0. The molecule has 3 saturated carbocycles. The van der Waals surface area contributed by atoms with E-state index in [9.17, 15) is 24.6 Å². The van der Waals surface area contributed by atoms with E-state index in [1.807, 2.05) is 30.3 Å². The molecule has 7 unspecified atom stereocenters. The molecule has 4 aliphatic carbocycles. The number of fused-ring (bicyclic) bond motifs is 5. The van der Waals surface area contributed by atoms with Crippen LogP contribution in [-0.4, -0.2) is 52.3 Å². The molecular weight excluding hydrogens is 520 g/mol. The summed E-state index contributed by atoms with van der Waals surface area (Å²) in [6, 6.07) is 9.32. The van der Waals surface area contributed by atoms with Gasteiger partial charge in [0.15, 0.2) is 12.4 Å². The number of nitrogens with one attached hydrogen (secondary N) is 1. The van der Waals surface area contributed by atoms with Crippen molar-refractivity contribution in [2.45, 2.75) is 90.1 Å². The Morgan fingerprint density at radius 2 is 1.78 bits per heavy atom. The molecule has 0 spiro atoms. The van der Waals surface area contributed by atoms with Crippen LogP contribution in [0.15, 0.2) is 47.1 Å². The summed E-state index contributed by atoms with van der Waals surface area (Å²) in [5.41, 5.74) is 1.68. The molecule has 1 aromatic carbocycles. The maximum Gasteiger partial charge on any atom is 0.304 e. The van der Waals surface area contributed by atoms with Crippen LogP contribution in [0.2, 0.25) is 0 Å². The maximum absolute atomic E-state index is 12.5. The lowest BCUT2D eigenvalue weighted by Gasteiger charge is -2.59. The number of carboxylic acid groups (broad SMARTS) is 1. The van der Waals surface area contributed by atoms with Gasteiger partial charge < -0.3 is 20.4 Å². The molecule has 1 aromatic rings. The first-order valence-electron chi connectivity index (χ1n) is 15.1. The van der Waals surface area contributed by atoms with Gasteiger partial charge in [-0.25, -0.2) is 0 Å². The number of aliphatic hydroxyl groups is 1. The summed E-state index contributed by atoms with van der Waals surface area (Å²) < 4.78 is 0. The van der Waals surface area contributed by atoms with Gasteiger partial charge in [-0.2, -0.15) is 0 Å². The molecule has 41 heavy (non-hydrogen) atoms. The van der Waals surface area contributed by atoms with Crippen molar-refractivity contribution >= 4 is 23.4 Å². The lowest BCUT2D eigenvalue weighted by atomic mass is 9.46. The van der Waals surface area contributed by atoms with Gasteiger partial charge in [0.2, 0.25) is 0 Å². The monoisotopic (exact) mass is 564 g/mol. The lowest BCUT2D eigenvalue weighted by Crippen LogP contribution is -2.57. The van der Waals surface area contributed by atoms with E-state index in [-0.39, 0.29) is 48.0 Å². The number of hydrogen-bond donors (Lipinski definition) is 3. The zero-order valence-electron chi connectivity index (χ0n) is 24.5. The summed E-state index contributed by atoms with van der Waals surface area (Å²) in [4.78, 5) is 41.7. The summed E-state index contributed by atoms with van der Waals surface area (Å²) >= 11 is 0. The second kappa shape index (κ2) is 11.3. The number of carboxylic acids is 1. The predicted molar refractivity (Wildman–Crippen MR) is 155 cm³/mol. The van der Waals surface area contributed by atoms with E-state index in [1.54, 1.807) is 6.92 Å². The molecule has 1 amide bonds. The number of rotatable bonds is 9. The molecule has 0 aliphatic heterocycles. The van der Waals surface area contributed by atoms with Crippen molar-refractivity contribution in [3.05, 3.63) is 47.5 Å². The van der Waals surface area contributed by atoms with Crippen LogP contribution in [0.5, 0.6) is 0 Å². The number of allylic oxidation sites excluding steroid dienone is 2. The molecule has 0 saturated heterocycles. The number of amides is 1. The van der Waals surface area contributed by atoms with Crippen molar-refractivity contribution in [1.29, 1.82) is 0 Å². The quantitative estimate of drug-likeness (QED) is 0.362. The largest absolute Gasteiger partial charge is 0.481 e. The summed E-state index contributed by atoms with van der Waals surface area (Å²) in [6.45, 7) is 6.09. The third-order valence-corrected chi connectivity index (χ3v) is 11.3. The van der Waals surface area contributed by atoms with Gasteiger partial charge in [-0.3, -0.25) is 14.4 Å². The van der Waals surface area contributed by atoms with Gasteiger partial charge >= 0.3 is 5.97 Å². The second-order valence-electron chi connectivity index (χ2n) is 13.3. The van der Waals surface area contributed by atoms with Crippen molar-refractivity contribution in [2.24, 2.45) is 33.7 Å². The highest BCUT2D eigenvalue weighted by Crippen LogP contribution is 2.67. The highest BCUT2D eigenvalue weighted by molar-refractivity contribution is 5.96. The number of carbonyl (C=O) groups is 3. The Morgan fingerprint density at radius 1 is 1.05 bits per heavy atom. The highest BCUT2D eigenvalue weighted by Gasteiger charge is 2.65. The average molecular weight is 565 g/mol. The van der Waals surface area contributed by atoms with Crippen molar-refractivity contribution in [1.82, 2.24) is 5.32 Å². The van der Waals surface area contributed by atoms with Crippen molar-refractivity contribution in [3.8, 4) is 0 Å². The Balaban J connectivity index is 1.18. The first-order chi connectivity index (χ1) is 19.5. The van der Waals surface area contributed by atoms with Crippen LogP contribution in [0.4, 0.5) is 0 Å². The highest BCUT2D eigenvalue weighted by atomic mass is 16.6. The van der Waals surface area contributed by atoms with Gasteiger partial charge in [0.1, 0.15) is 5.60 Å². The summed E-state index contributed by atoms with van der Waals surface area (Å²) in [6.07, 6.45) is 9.31. The normalized spacial score (nSPS) is 35.9. The van der Waals surface area contributed by atoms with E-state index in [2.05, 4.69) is 30.4 Å². The Bertz CT molecular complexity index is 1240. The number of nitrogens with zero attached hydrogens (tertiary/aromatic N) is 1. The molecule has 0 aromatic heterocycles. The van der Waals surface area contributed by atoms with Crippen LogP contribution in [0, 0.1) is 28.6 Å². The fraction of sp³-hybridized carbons (Fsp3) is 0.636. The van der Waals surface area contributed by atoms with Crippen molar-refractivity contribution in [3.63, 3.8) is 0 Å². The molecule has 8 nitrogen and oxygen atoms in total. The summed E-state index contributed by atoms with van der Waals surface area (Å²) in [5.74, 6) is -0.213. The molecule has 0 bridgehead atoms. The van der Waals surface area contributed by atoms with Crippen LogP contribution in [-0.2, 0) is 19.2 Å². The van der Waals surface area contributed by atoms with Crippen LogP contribution >= 0.6 is 0 Å². The smallest absolute Gasteiger partial charge is 0.304 e. The zero-order valence-corrected chi connectivity index (χ0v) is 24.5. The number of oxime groups is 1. The van der Waals surface area contributed by atoms with Crippen LogP contribution in [0.3, 0.4) is 0 Å². The zero-order chi connectivity index (χ0) is 29.4. The number of Topliss-reactive ketones (excluding diaryl/α,β-unsaturated/α-hetero) is 1. The minimum absolute atomic E-state index is 0.0702. The van der Waals surface area contributed by atoms with Crippen LogP contribution in [0.1, 0.15) is 90.0 Å². The van der Waals surface area contributed by atoms with Crippen LogP contribution < -0.4 is 5.32 Å². The number of carbonyl (C=O) groups excluding carboxylic acids is 2. The maximum atomic E-state index is 12.5. The lowest BCUT2D eigenvalue weighted by molar-refractivity contribution is -0.159. The van der Waals surface area contributed by atoms with E-state index in [1.165, 1.54) is 5.57 Å². The average Bonchev–Trinajstić information content (AvgIpc) is 3.23. The minimum Gasteiger partial charge on any atom is -0.481 e. The van der Waals surface area contributed by atoms with Crippen LogP contribution in [0.25, 0.3) is 0 Å². The van der Waals surface area contributed by atoms with Gasteiger partial charge in [0, 0.05) is 17.9 Å². The topological polar surface area (TPSA) is 125 Å². The number of benzene rings is 1. The second-order valence-corrected chi connectivity index (χ2v) is 13.3. The Kier molecular flexibility index (Phi) is 8.16. The molecule has 5 rings (SSSR count). The van der Waals surface area contributed by atoms with E-state index in [0.29, 0.717) is 24.2 Å². The number of hydrogen-bond acceptors (Lipinski definition) is 6. The Labute approximate surface area is 242 Å². The fourth-order valence-corrected chi connectivity index (χ4v) is 8.94. The molecule has 7 atom stereocenters. The molecule has 4 aliphatic rings. The van der Waals surface area contributed by atoms with E-state index < -0.39 is 11.6 Å². The van der Waals surface area contributed by atoms with Gasteiger partial charge in [-0.15, -0.1) is 0 Å². The van der Waals surface area contributed by atoms with E-state index in [4.69, 9.17) is 4.84 Å². The Hall–Kier alpha value is -3.00.